The van der Waals surface area contributed by atoms with Crippen molar-refractivity contribution < 1.29 is 19.7 Å². The van der Waals surface area contributed by atoms with Crippen molar-refractivity contribution in [3.8, 4) is 0 Å². The van der Waals surface area contributed by atoms with E-state index in [4.69, 9.17) is 0 Å². The first kappa shape index (κ1) is 11.5. The summed E-state index contributed by atoms with van der Waals surface area (Å²) in [7, 11) is 1.33. The Kier molecular flexibility index (Phi) is 3.89. The molecule has 2 atom stereocenters. The van der Waals surface area contributed by atoms with Gasteiger partial charge in [0.1, 0.15) is 0 Å². The molecule has 0 aromatic heterocycles. The number of carbonyl (C=O) groups excluding carboxylic acids is 1. The lowest BCUT2D eigenvalue weighted by Gasteiger charge is -2.35. The summed E-state index contributed by atoms with van der Waals surface area (Å²) in [5.74, 6) is -0.790. The zero-order chi connectivity index (χ0) is 10.7. The Balaban J connectivity index is 2.60. The normalized spacial score (nSPS) is 38.0. The van der Waals surface area contributed by atoms with E-state index in [1.54, 1.807) is 0 Å². The van der Waals surface area contributed by atoms with Crippen LogP contribution in [0.5, 0.6) is 0 Å². The van der Waals surface area contributed by atoms with Crippen LogP contribution in [0.2, 0.25) is 0 Å². The number of carbonyl (C=O) groups is 1. The van der Waals surface area contributed by atoms with Gasteiger partial charge in [0.15, 0.2) is 0 Å². The van der Waals surface area contributed by atoms with Crippen LogP contribution in [-0.4, -0.2) is 35.5 Å². The standard InChI is InChI=1S/C10H18O4/c1-3-7-8(11)4-6(5-9(7)12)10(13)14-2/h6-9,11-12H,3-5H2,1-2H3. The van der Waals surface area contributed by atoms with Crippen LogP contribution in [0.3, 0.4) is 0 Å². The molecule has 82 valence electrons. The Bertz CT molecular complexity index is 192. The van der Waals surface area contributed by atoms with Crippen LogP contribution in [0, 0.1) is 11.8 Å². The fourth-order valence-electron chi connectivity index (χ4n) is 2.19. The first-order valence-corrected chi connectivity index (χ1v) is 5.04. The number of hydrogen-bond donors (Lipinski definition) is 2. The molecule has 0 aromatic carbocycles. The Labute approximate surface area is 83.9 Å². The minimum Gasteiger partial charge on any atom is -0.469 e. The molecule has 1 aliphatic carbocycles. The molecular formula is C10H18O4. The summed E-state index contributed by atoms with van der Waals surface area (Å²) in [6, 6.07) is 0. The van der Waals surface area contributed by atoms with Gasteiger partial charge in [-0.25, -0.2) is 0 Å². The summed E-state index contributed by atoms with van der Waals surface area (Å²) < 4.78 is 4.59. The fraction of sp³-hybridized carbons (Fsp3) is 0.900. The van der Waals surface area contributed by atoms with Gasteiger partial charge in [-0.1, -0.05) is 6.92 Å². The van der Waals surface area contributed by atoms with Crippen molar-refractivity contribution in [1.29, 1.82) is 0 Å². The first-order chi connectivity index (χ1) is 6.60. The smallest absolute Gasteiger partial charge is 0.308 e. The Morgan fingerprint density at radius 1 is 1.36 bits per heavy atom. The minimum atomic E-state index is -0.590. The summed E-state index contributed by atoms with van der Waals surface area (Å²) in [6.07, 6.45) is 0.362. The highest BCUT2D eigenvalue weighted by atomic mass is 16.5. The quantitative estimate of drug-likeness (QED) is 0.633. The molecule has 14 heavy (non-hydrogen) atoms. The van der Waals surface area contributed by atoms with Gasteiger partial charge in [0.25, 0.3) is 0 Å². The molecule has 0 bridgehead atoms. The van der Waals surface area contributed by atoms with Gasteiger partial charge in [-0.15, -0.1) is 0 Å². The molecule has 0 spiro atoms. The maximum absolute atomic E-state index is 11.2. The number of esters is 1. The third-order valence-electron chi connectivity index (χ3n) is 3.05. The van der Waals surface area contributed by atoms with Crippen LogP contribution in [0.25, 0.3) is 0 Å². The fourth-order valence-corrected chi connectivity index (χ4v) is 2.19. The Morgan fingerprint density at radius 2 is 1.86 bits per heavy atom. The highest BCUT2D eigenvalue weighted by Crippen LogP contribution is 2.31. The predicted molar refractivity (Wildman–Crippen MR) is 50.5 cm³/mol. The van der Waals surface area contributed by atoms with E-state index in [1.807, 2.05) is 6.92 Å². The summed E-state index contributed by atoms with van der Waals surface area (Å²) in [5.41, 5.74) is 0. The second-order valence-electron chi connectivity index (χ2n) is 3.90. The van der Waals surface area contributed by atoms with Gasteiger partial charge < -0.3 is 14.9 Å². The average molecular weight is 202 g/mol. The van der Waals surface area contributed by atoms with Crippen LogP contribution in [0.4, 0.5) is 0 Å². The van der Waals surface area contributed by atoms with Gasteiger partial charge in [0.05, 0.1) is 25.2 Å². The molecule has 1 rings (SSSR count). The lowest BCUT2D eigenvalue weighted by molar-refractivity contribution is -0.152. The molecule has 0 aliphatic heterocycles. The summed E-state index contributed by atoms with van der Waals surface area (Å²) in [5, 5.41) is 19.4. The van der Waals surface area contributed by atoms with Gasteiger partial charge in [-0.2, -0.15) is 0 Å². The summed E-state index contributed by atoms with van der Waals surface area (Å²) >= 11 is 0. The number of hydrogen-bond acceptors (Lipinski definition) is 4. The Morgan fingerprint density at radius 3 is 2.21 bits per heavy atom. The second kappa shape index (κ2) is 4.75. The molecule has 4 heteroatoms. The number of aliphatic hydroxyl groups excluding tert-OH is 2. The topological polar surface area (TPSA) is 66.8 Å². The van der Waals surface area contributed by atoms with E-state index in [1.165, 1.54) is 7.11 Å². The average Bonchev–Trinajstić information content (AvgIpc) is 2.16. The number of methoxy groups -OCH3 is 1. The SMILES string of the molecule is CCC1C(O)CC(C(=O)OC)CC1O. The highest BCUT2D eigenvalue weighted by Gasteiger charge is 2.38. The number of aliphatic hydroxyl groups is 2. The van der Waals surface area contributed by atoms with E-state index in [9.17, 15) is 15.0 Å². The molecule has 2 N–H and O–H groups in total. The van der Waals surface area contributed by atoms with Crippen LogP contribution >= 0.6 is 0 Å². The lowest BCUT2D eigenvalue weighted by Crippen LogP contribution is -2.42. The van der Waals surface area contributed by atoms with Gasteiger partial charge >= 0.3 is 5.97 Å². The number of ether oxygens (including phenoxy) is 1. The van der Waals surface area contributed by atoms with E-state index in [-0.39, 0.29) is 17.8 Å². The number of rotatable bonds is 2. The maximum atomic E-state index is 11.2. The van der Waals surface area contributed by atoms with Crippen molar-refractivity contribution in [1.82, 2.24) is 0 Å². The van der Waals surface area contributed by atoms with Crippen molar-refractivity contribution in [3.05, 3.63) is 0 Å². The molecule has 0 heterocycles. The van der Waals surface area contributed by atoms with E-state index in [0.29, 0.717) is 12.8 Å². The van der Waals surface area contributed by atoms with E-state index in [2.05, 4.69) is 4.74 Å². The zero-order valence-corrected chi connectivity index (χ0v) is 8.64. The lowest BCUT2D eigenvalue weighted by atomic mass is 9.76. The van der Waals surface area contributed by atoms with Crippen molar-refractivity contribution in [2.24, 2.45) is 11.8 Å². The zero-order valence-electron chi connectivity index (χ0n) is 8.64. The monoisotopic (exact) mass is 202 g/mol. The molecule has 1 fully saturated rings. The third-order valence-corrected chi connectivity index (χ3v) is 3.05. The minimum absolute atomic E-state index is 0.101. The van der Waals surface area contributed by atoms with Crippen LogP contribution in [0.1, 0.15) is 26.2 Å². The van der Waals surface area contributed by atoms with Gasteiger partial charge in [-0.05, 0) is 19.3 Å². The van der Waals surface area contributed by atoms with Crippen LogP contribution < -0.4 is 0 Å². The molecule has 1 aliphatic rings. The third kappa shape index (κ3) is 2.25. The molecule has 0 saturated heterocycles. The molecule has 0 amide bonds. The van der Waals surface area contributed by atoms with Crippen molar-refractivity contribution >= 4 is 5.97 Å². The molecule has 0 aromatic rings. The summed E-state index contributed by atoms with van der Waals surface area (Å²) in [6.45, 7) is 1.93. The molecule has 2 unspecified atom stereocenters. The highest BCUT2D eigenvalue weighted by molar-refractivity contribution is 5.72. The second-order valence-corrected chi connectivity index (χ2v) is 3.90. The van der Waals surface area contributed by atoms with Gasteiger partial charge in [0.2, 0.25) is 0 Å². The predicted octanol–water partition coefficient (Wildman–Crippen LogP) is 0.317. The molecular weight excluding hydrogens is 184 g/mol. The largest absolute Gasteiger partial charge is 0.469 e. The van der Waals surface area contributed by atoms with Crippen LogP contribution in [-0.2, 0) is 9.53 Å². The Hall–Kier alpha value is -0.610. The van der Waals surface area contributed by atoms with Crippen molar-refractivity contribution in [2.45, 2.75) is 38.4 Å². The van der Waals surface area contributed by atoms with Gasteiger partial charge in [0, 0.05) is 5.92 Å². The summed E-state index contributed by atoms with van der Waals surface area (Å²) in [4.78, 5) is 11.2. The van der Waals surface area contributed by atoms with Crippen LogP contribution in [0.15, 0.2) is 0 Å². The molecule has 0 radical (unpaired) electrons. The molecule has 4 nitrogen and oxygen atoms in total. The molecule has 1 saturated carbocycles. The van der Waals surface area contributed by atoms with Gasteiger partial charge in [-0.3, -0.25) is 4.79 Å². The van der Waals surface area contributed by atoms with Crippen molar-refractivity contribution in [2.75, 3.05) is 7.11 Å². The van der Waals surface area contributed by atoms with E-state index in [0.717, 1.165) is 6.42 Å². The van der Waals surface area contributed by atoms with Crippen molar-refractivity contribution in [3.63, 3.8) is 0 Å². The van der Waals surface area contributed by atoms with E-state index >= 15 is 0 Å². The van der Waals surface area contributed by atoms with E-state index < -0.39 is 12.2 Å². The first-order valence-electron chi connectivity index (χ1n) is 5.04. The maximum Gasteiger partial charge on any atom is 0.308 e.